The molecule has 29 heavy (non-hydrogen) atoms. The molecule has 0 aliphatic carbocycles. The second-order valence-electron chi connectivity index (χ2n) is 6.52. The third-order valence-corrected chi connectivity index (χ3v) is 4.60. The van der Waals surface area contributed by atoms with Crippen molar-refractivity contribution < 1.29 is 4.79 Å². The van der Waals surface area contributed by atoms with Crippen molar-refractivity contribution in [3.05, 3.63) is 75.4 Å². The normalized spacial score (nSPS) is 10.5. The molecule has 3 aromatic rings. The van der Waals surface area contributed by atoms with E-state index in [2.05, 4.69) is 25.9 Å². The summed E-state index contributed by atoms with van der Waals surface area (Å²) < 4.78 is 0. The number of halogens is 2. The highest BCUT2D eigenvalue weighted by Gasteiger charge is 2.10. The topological polar surface area (TPSA) is 78.9 Å². The standard InChI is InChI=1S/C21H21Cl2N5O/c1-13-3-6-16(7-4-13)27-19-11-14(2)26-21(28-19)25-10-9-24-20(29)17-8-5-15(22)12-18(17)23/h3-8,11-12H,9-10H2,1-2H3,(H,24,29)(H2,25,26,27,28). The Bertz CT molecular complexity index is 1010. The molecule has 2 aromatic carbocycles. The predicted molar refractivity (Wildman–Crippen MR) is 119 cm³/mol. The molecule has 0 radical (unpaired) electrons. The molecule has 0 atom stereocenters. The summed E-state index contributed by atoms with van der Waals surface area (Å²) in [7, 11) is 0. The minimum absolute atomic E-state index is 0.264. The second kappa shape index (κ2) is 9.58. The van der Waals surface area contributed by atoms with Crippen LogP contribution in [0.25, 0.3) is 0 Å². The third kappa shape index (κ3) is 6.07. The lowest BCUT2D eigenvalue weighted by molar-refractivity contribution is 0.0955. The number of nitrogens with one attached hydrogen (secondary N) is 3. The van der Waals surface area contributed by atoms with Gasteiger partial charge >= 0.3 is 0 Å². The van der Waals surface area contributed by atoms with E-state index < -0.39 is 0 Å². The number of carbonyl (C=O) groups excluding carboxylic acids is 1. The number of aryl methyl sites for hydroxylation is 2. The van der Waals surface area contributed by atoms with Gasteiger partial charge in [0.05, 0.1) is 10.6 Å². The first-order chi connectivity index (χ1) is 13.9. The summed E-state index contributed by atoms with van der Waals surface area (Å²) in [6.07, 6.45) is 0. The van der Waals surface area contributed by atoms with E-state index in [-0.39, 0.29) is 5.91 Å². The quantitative estimate of drug-likeness (QED) is 0.461. The molecule has 1 aromatic heterocycles. The first-order valence-electron chi connectivity index (χ1n) is 9.07. The fourth-order valence-electron chi connectivity index (χ4n) is 2.62. The van der Waals surface area contributed by atoms with E-state index in [1.54, 1.807) is 18.2 Å². The fourth-order valence-corrected chi connectivity index (χ4v) is 3.11. The average Bonchev–Trinajstić information content (AvgIpc) is 2.66. The van der Waals surface area contributed by atoms with E-state index in [1.165, 1.54) is 5.56 Å². The van der Waals surface area contributed by atoms with Crippen LogP contribution in [0.3, 0.4) is 0 Å². The summed E-state index contributed by atoms with van der Waals surface area (Å²) in [6.45, 7) is 4.79. The smallest absolute Gasteiger partial charge is 0.252 e. The highest BCUT2D eigenvalue weighted by Crippen LogP contribution is 2.21. The Labute approximate surface area is 179 Å². The molecule has 1 amide bonds. The van der Waals surface area contributed by atoms with Crippen molar-refractivity contribution in [2.24, 2.45) is 0 Å². The third-order valence-electron chi connectivity index (χ3n) is 4.05. The van der Waals surface area contributed by atoms with E-state index >= 15 is 0 Å². The highest BCUT2D eigenvalue weighted by atomic mass is 35.5. The van der Waals surface area contributed by atoms with Gasteiger partial charge in [-0.1, -0.05) is 40.9 Å². The van der Waals surface area contributed by atoms with Crippen LogP contribution < -0.4 is 16.0 Å². The van der Waals surface area contributed by atoms with Gasteiger partial charge in [0.25, 0.3) is 5.91 Å². The largest absolute Gasteiger partial charge is 0.352 e. The number of nitrogens with zero attached hydrogens (tertiary/aromatic N) is 2. The number of amides is 1. The van der Waals surface area contributed by atoms with Gasteiger partial charge in [0.2, 0.25) is 5.95 Å². The zero-order valence-electron chi connectivity index (χ0n) is 16.1. The second-order valence-corrected chi connectivity index (χ2v) is 7.36. The highest BCUT2D eigenvalue weighted by molar-refractivity contribution is 6.36. The van der Waals surface area contributed by atoms with Crippen LogP contribution in [-0.2, 0) is 0 Å². The first-order valence-corrected chi connectivity index (χ1v) is 9.83. The number of anilines is 3. The van der Waals surface area contributed by atoms with Gasteiger partial charge in [-0.15, -0.1) is 0 Å². The van der Waals surface area contributed by atoms with Crippen molar-refractivity contribution in [2.45, 2.75) is 13.8 Å². The molecule has 0 spiro atoms. The molecule has 3 N–H and O–H groups in total. The Hall–Kier alpha value is -2.83. The van der Waals surface area contributed by atoms with Crippen LogP contribution in [-0.4, -0.2) is 29.0 Å². The number of benzene rings is 2. The molecule has 150 valence electrons. The van der Waals surface area contributed by atoms with Crippen LogP contribution in [0.15, 0.2) is 48.5 Å². The molecular formula is C21H21Cl2N5O. The Balaban J connectivity index is 1.54. The summed E-state index contributed by atoms with van der Waals surface area (Å²) in [6, 6.07) is 14.7. The number of rotatable bonds is 7. The monoisotopic (exact) mass is 429 g/mol. The number of hydrogen-bond donors (Lipinski definition) is 3. The zero-order chi connectivity index (χ0) is 20.8. The Morgan fingerprint density at radius 3 is 2.45 bits per heavy atom. The van der Waals surface area contributed by atoms with Gasteiger partial charge in [0.15, 0.2) is 0 Å². The summed E-state index contributed by atoms with van der Waals surface area (Å²) in [4.78, 5) is 21.1. The van der Waals surface area contributed by atoms with Crippen LogP contribution in [0.2, 0.25) is 10.0 Å². The van der Waals surface area contributed by atoms with Crippen LogP contribution >= 0.6 is 23.2 Å². The number of hydrogen-bond acceptors (Lipinski definition) is 5. The zero-order valence-corrected chi connectivity index (χ0v) is 17.6. The van der Waals surface area contributed by atoms with Crippen LogP contribution in [0.1, 0.15) is 21.6 Å². The molecule has 6 nitrogen and oxygen atoms in total. The Kier molecular flexibility index (Phi) is 6.90. The van der Waals surface area contributed by atoms with Gasteiger partial charge in [-0.2, -0.15) is 4.98 Å². The van der Waals surface area contributed by atoms with Gasteiger partial charge in [0, 0.05) is 35.6 Å². The lowest BCUT2D eigenvalue weighted by atomic mass is 10.2. The average molecular weight is 430 g/mol. The molecular weight excluding hydrogens is 409 g/mol. The summed E-state index contributed by atoms with van der Waals surface area (Å²) >= 11 is 11.9. The van der Waals surface area contributed by atoms with E-state index in [4.69, 9.17) is 23.2 Å². The fraction of sp³-hybridized carbons (Fsp3) is 0.190. The lowest BCUT2D eigenvalue weighted by Crippen LogP contribution is -2.29. The van der Waals surface area contributed by atoms with Crippen LogP contribution in [0, 0.1) is 13.8 Å². The van der Waals surface area contributed by atoms with Crippen molar-refractivity contribution in [2.75, 3.05) is 23.7 Å². The van der Waals surface area contributed by atoms with Gasteiger partial charge in [-0.25, -0.2) is 4.98 Å². The molecule has 0 unspecified atom stereocenters. The molecule has 0 aliphatic heterocycles. The number of carbonyl (C=O) groups is 1. The predicted octanol–water partition coefficient (Wildman–Crippen LogP) is 4.99. The van der Waals surface area contributed by atoms with Crippen molar-refractivity contribution in [3.63, 3.8) is 0 Å². The Morgan fingerprint density at radius 2 is 1.72 bits per heavy atom. The summed E-state index contributed by atoms with van der Waals surface area (Å²) in [5.41, 5.74) is 3.35. The minimum Gasteiger partial charge on any atom is -0.352 e. The van der Waals surface area contributed by atoms with Gasteiger partial charge in [0.1, 0.15) is 5.82 Å². The minimum atomic E-state index is -0.264. The van der Waals surface area contributed by atoms with Gasteiger partial charge in [-0.05, 0) is 44.2 Å². The molecule has 0 aliphatic rings. The van der Waals surface area contributed by atoms with E-state index in [9.17, 15) is 4.79 Å². The molecule has 8 heteroatoms. The van der Waals surface area contributed by atoms with Crippen molar-refractivity contribution in [1.82, 2.24) is 15.3 Å². The van der Waals surface area contributed by atoms with Gasteiger partial charge < -0.3 is 16.0 Å². The van der Waals surface area contributed by atoms with Crippen LogP contribution in [0.5, 0.6) is 0 Å². The summed E-state index contributed by atoms with van der Waals surface area (Å²) in [5.74, 6) is 0.916. The van der Waals surface area contributed by atoms with Crippen LogP contribution in [0.4, 0.5) is 17.5 Å². The SMILES string of the molecule is Cc1ccc(Nc2cc(C)nc(NCCNC(=O)c3ccc(Cl)cc3Cl)n2)cc1. The Morgan fingerprint density at radius 1 is 0.966 bits per heavy atom. The van der Waals surface area contributed by atoms with E-state index in [0.717, 1.165) is 11.4 Å². The van der Waals surface area contributed by atoms with Crippen molar-refractivity contribution in [1.29, 1.82) is 0 Å². The molecule has 1 heterocycles. The summed E-state index contributed by atoms with van der Waals surface area (Å²) in [5, 5.41) is 9.99. The first kappa shape index (κ1) is 20.9. The number of aromatic nitrogens is 2. The van der Waals surface area contributed by atoms with Gasteiger partial charge in [-0.3, -0.25) is 4.79 Å². The molecule has 0 saturated carbocycles. The molecule has 0 bridgehead atoms. The molecule has 3 rings (SSSR count). The maximum Gasteiger partial charge on any atom is 0.252 e. The van der Waals surface area contributed by atoms with Crippen molar-refractivity contribution >= 4 is 46.6 Å². The van der Waals surface area contributed by atoms with E-state index in [0.29, 0.717) is 40.5 Å². The molecule has 0 fully saturated rings. The van der Waals surface area contributed by atoms with E-state index in [1.807, 2.05) is 44.2 Å². The lowest BCUT2D eigenvalue weighted by Gasteiger charge is -2.11. The van der Waals surface area contributed by atoms with Crippen molar-refractivity contribution in [3.8, 4) is 0 Å². The maximum atomic E-state index is 12.2. The maximum absolute atomic E-state index is 12.2. The molecule has 0 saturated heterocycles.